The minimum Gasteiger partial charge on any atom is -0.450 e. The first kappa shape index (κ1) is 65.2. The van der Waals surface area contributed by atoms with E-state index in [9.17, 15) is 38.7 Å². The van der Waals surface area contributed by atoms with E-state index in [0.29, 0.717) is 24.8 Å². The number of nitrogens with zero attached hydrogens (tertiary/aromatic N) is 5. The molecule has 2 aromatic carbocycles. The largest absolute Gasteiger partial charge is 0.450 e. The van der Waals surface area contributed by atoms with Gasteiger partial charge < -0.3 is 50.3 Å². The summed E-state index contributed by atoms with van der Waals surface area (Å²) in [4.78, 5) is 141. The summed E-state index contributed by atoms with van der Waals surface area (Å²) in [5, 5.41) is 19.4. The summed E-state index contributed by atoms with van der Waals surface area (Å²) >= 11 is 0. The molecule has 438 valence electrons. The van der Waals surface area contributed by atoms with E-state index < -0.39 is 144 Å². The summed E-state index contributed by atoms with van der Waals surface area (Å²) in [7, 11) is 5.76. The Labute approximate surface area is 469 Å². The molecule has 12 atom stereocenters. The molecule has 0 bridgehead atoms. The first-order chi connectivity index (χ1) is 37.2. The van der Waals surface area contributed by atoms with Crippen LogP contribution in [0.1, 0.15) is 119 Å². The molecule has 3 unspecified atom stereocenters. The maximum absolute atomic E-state index is 15.3. The highest BCUT2D eigenvalue weighted by atomic mass is 16.6. The van der Waals surface area contributed by atoms with Crippen molar-refractivity contribution in [3.63, 3.8) is 0 Å². The van der Waals surface area contributed by atoms with Crippen LogP contribution in [0.3, 0.4) is 0 Å². The highest BCUT2D eigenvalue weighted by Gasteiger charge is 2.46. The normalized spacial score (nSPS) is 26.7. The number of carbonyl (C=O) groups is 9. The molecule has 19 nitrogen and oxygen atoms in total. The molecule has 2 fully saturated rings. The van der Waals surface area contributed by atoms with E-state index in [1.165, 1.54) is 47.8 Å². The second-order valence-corrected chi connectivity index (χ2v) is 23.2. The zero-order valence-corrected chi connectivity index (χ0v) is 49.6. The quantitative estimate of drug-likeness (QED) is 0.196. The first-order valence-corrected chi connectivity index (χ1v) is 28.4. The zero-order valence-electron chi connectivity index (χ0n) is 49.6. The van der Waals surface area contributed by atoms with E-state index in [1.54, 1.807) is 53.7 Å². The van der Waals surface area contributed by atoms with Gasteiger partial charge in [-0.2, -0.15) is 0 Å². The molecule has 2 aliphatic heterocycles. The molecule has 0 spiro atoms. The van der Waals surface area contributed by atoms with Gasteiger partial charge in [-0.05, 0) is 60.5 Å². The van der Waals surface area contributed by atoms with Crippen LogP contribution in [-0.4, -0.2) is 179 Å². The van der Waals surface area contributed by atoms with Gasteiger partial charge in [0.1, 0.15) is 48.3 Å². The fourth-order valence-electron chi connectivity index (χ4n) is 10.9. The van der Waals surface area contributed by atoms with Crippen LogP contribution in [0.4, 0.5) is 0 Å². The van der Waals surface area contributed by atoms with Gasteiger partial charge in [0.05, 0.1) is 0 Å². The molecule has 4 N–H and O–H groups in total. The smallest absolute Gasteiger partial charge is 0.330 e. The van der Waals surface area contributed by atoms with Crippen molar-refractivity contribution in [3.8, 4) is 0 Å². The molecular formula is C60H92N8O11. The van der Waals surface area contributed by atoms with E-state index in [0.717, 1.165) is 10.5 Å². The average molecular weight is 1100 g/mol. The number of rotatable bonds is 14. The summed E-state index contributed by atoms with van der Waals surface area (Å²) in [6, 6.07) is 8.50. The van der Waals surface area contributed by atoms with Crippen molar-refractivity contribution < 1.29 is 53.0 Å². The number of benzene rings is 2. The number of aliphatic hydroxyl groups excluding tert-OH is 1. The number of esters is 1. The van der Waals surface area contributed by atoms with Crippen LogP contribution >= 0.6 is 0 Å². The number of amides is 8. The number of carbonyl (C=O) groups excluding carboxylic acids is 9. The number of cyclic esters (lactones) is 1. The Kier molecular flexibility index (Phi) is 24.5. The van der Waals surface area contributed by atoms with E-state index in [-0.39, 0.29) is 38.1 Å². The third-order valence-corrected chi connectivity index (χ3v) is 16.0. The SMILES string of the molecule is CCC(C)C1OC(=O)[C@H](C(C)CO)N(C)C(=O)[C@H](CC(C)C)NC(=O)[C@H](C(C)C)N(C)C(=O)[C@H]([C@H](C)CC)NC(=O)[C@@H]2CCCN2C(=O)[C@H](Cc2ccccc2)N(C)C(=O)[C@H](Cc2ccccc2)NC(=O)[C@H](C(C)C)N(C)C1=O. The van der Waals surface area contributed by atoms with Gasteiger partial charge in [0.25, 0.3) is 5.91 Å². The molecule has 2 heterocycles. The van der Waals surface area contributed by atoms with E-state index in [2.05, 4.69) is 16.0 Å². The van der Waals surface area contributed by atoms with Crippen LogP contribution in [0.15, 0.2) is 60.7 Å². The molecule has 79 heavy (non-hydrogen) atoms. The molecule has 2 saturated heterocycles. The maximum atomic E-state index is 15.3. The Hall–Kier alpha value is -6.37. The highest BCUT2D eigenvalue weighted by Crippen LogP contribution is 2.27. The minimum absolute atomic E-state index is 0.000712. The third-order valence-electron chi connectivity index (χ3n) is 16.0. The molecule has 0 radical (unpaired) electrons. The molecule has 0 aromatic heterocycles. The Morgan fingerprint density at radius 3 is 1.52 bits per heavy atom. The van der Waals surface area contributed by atoms with Crippen molar-refractivity contribution in [3.05, 3.63) is 71.8 Å². The second-order valence-electron chi connectivity index (χ2n) is 23.2. The Morgan fingerprint density at radius 2 is 1.03 bits per heavy atom. The summed E-state index contributed by atoms with van der Waals surface area (Å²) in [6.45, 7) is 19.1. The Morgan fingerprint density at radius 1 is 0.544 bits per heavy atom. The molecule has 2 aromatic rings. The van der Waals surface area contributed by atoms with Crippen LogP contribution in [0.2, 0.25) is 0 Å². The van der Waals surface area contributed by atoms with Crippen LogP contribution in [0.25, 0.3) is 0 Å². The second kappa shape index (κ2) is 29.7. The zero-order chi connectivity index (χ0) is 59.2. The van der Waals surface area contributed by atoms with E-state index in [4.69, 9.17) is 4.74 Å². The van der Waals surface area contributed by atoms with Crippen LogP contribution in [-0.2, 0) is 60.7 Å². The highest BCUT2D eigenvalue weighted by molar-refractivity contribution is 5.99. The third kappa shape index (κ3) is 16.4. The van der Waals surface area contributed by atoms with Crippen molar-refractivity contribution in [1.29, 1.82) is 0 Å². The summed E-state index contributed by atoms with van der Waals surface area (Å²) in [6.07, 6.45) is 0.217. The van der Waals surface area contributed by atoms with Crippen molar-refractivity contribution >= 4 is 53.2 Å². The fourth-order valence-corrected chi connectivity index (χ4v) is 10.9. The van der Waals surface area contributed by atoms with Gasteiger partial charge in [-0.3, -0.25) is 38.4 Å². The minimum atomic E-state index is -1.48. The van der Waals surface area contributed by atoms with Gasteiger partial charge in [0, 0.05) is 66.0 Å². The average Bonchev–Trinajstić information content (AvgIpc) is 3.94. The van der Waals surface area contributed by atoms with Gasteiger partial charge in [-0.1, -0.05) is 143 Å². The van der Waals surface area contributed by atoms with Crippen molar-refractivity contribution in [1.82, 2.24) is 40.4 Å². The van der Waals surface area contributed by atoms with Crippen molar-refractivity contribution in [2.24, 2.45) is 35.5 Å². The molecule has 19 heteroatoms. The standard InChI is InChI=1S/C60H92N8O11/c1-16-38(9)47-58(76)65(13)48(36(5)6)53(71)61-43(31-35(3)4)56(74)67(15)50(40(11)34-69)60(78)79-51(39(10)17-2)59(77)66(14)49(37(7)8)54(72)62-44(32-41-25-20-18-21-26-41)55(73)64(12)46(33-42-27-22-19-23-28-42)57(75)68-30-24-29-45(68)52(70)63-47/h18-23,25-28,35-40,43-51,69H,16-17,24,29-34H2,1-15H3,(H,61,71)(H,62,72)(H,63,70)/t38-,39?,40?,43+,44+,45+,46+,47+,48+,49+,50+,51?/m1/s1. The number of aliphatic hydroxyl groups is 1. The van der Waals surface area contributed by atoms with Gasteiger partial charge in [0.15, 0.2) is 6.10 Å². The summed E-state index contributed by atoms with van der Waals surface area (Å²) < 4.78 is 6.14. The lowest BCUT2D eigenvalue weighted by Crippen LogP contribution is -2.62. The molecule has 4 rings (SSSR count). The van der Waals surface area contributed by atoms with Gasteiger partial charge >= 0.3 is 5.97 Å². The van der Waals surface area contributed by atoms with Gasteiger partial charge in [0.2, 0.25) is 41.4 Å². The number of hydrogen-bond donors (Lipinski definition) is 4. The number of ether oxygens (including phenoxy) is 1. The Bertz CT molecular complexity index is 2400. The van der Waals surface area contributed by atoms with Crippen LogP contribution in [0.5, 0.6) is 0 Å². The molecule has 0 aliphatic carbocycles. The van der Waals surface area contributed by atoms with Crippen molar-refractivity contribution in [2.75, 3.05) is 41.3 Å². The molecule has 0 saturated carbocycles. The lowest BCUT2D eigenvalue weighted by atomic mass is 9.94. The van der Waals surface area contributed by atoms with Crippen LogP contribution in [0, 0.1) is 35.5 Å². The predicted molar refractivity (Wildman–Crippen MR) is 301 cm³/mol. The maximum Gasteiger partial charge on any atom is 0.330 e. The fraction of sp³-hybridized carbons (Fsp3) is 0.650. The number of hydrogen-bond acceptors (Lipinski definition) is 11. The monoisotopic (exact) mass is 1100 g/mol. The van der Waals surface area contributed by atoms with Gasteiger partial charge in [-0.25, -0.2) is 4.79 Å². The molecule has 8 amide bonds. The summed E-state index contributed by atoms with van der Waals surface area (Å²) in [5.41, 5.74) is 1.43. The number of fused-ring (bicyclic) bond motifs is 1. The van der Waals surface area contributed by atoms with Crippen molar-refractivity contribution in [2.45, 2.75) is 176 Å². The van der Waals surface area contributed by atoms with Crippen LogP contribution < -0.4 is 16.0 Å². The Balaban J connectivity index is 1.97. The van der Waals surface area contributed by atoms with Gasteiger partial charge in [-0.15, -0.1) is 0 Å². The first-order valence-electron chi connectivity index (χ1n) is 28.4. The lowest BCUT2D eigenvalue weighted by Gasteiger charge is -2.38. The summed E-state index contributed by atoms with van der Waals surface area (Å²) in [5.74, 6) is -9.22. The molecule has 2 aliphatic rings. The predicted octanol–water partition coefficient (Wildman–Crippen LogP) is 4.23. The van der Waals surface area contributed by atoms with E-state index in [1.807, 2.05) is 83.1 Å². The topological polar surface area (TPSA) is 235 Å². The molecular weight excluding hydrogens is 1010 g/mol. The number of likely N-dealkylation sites (N-methyl/N-ethyl adjacent to an activating group) is 4. The van der Waals surface area contributed by atoms with E-state index >= 15 is 9.59 Å². The number of nitrogens with one attached hydrogen (secondary N) is 3. The lowest BCUT2D eigenvalue weighted by molar-refractivity contribution is -0.172.